The molecule has 14 heavy (non-hydrogen) atoms. The molecule has 1 rings (SSSR count). The number of benzene rings is 1. The lowest BCUT2D eigenvalue weighted by Gasteiger charge is -2.15. The standard InChI is InChI=1S/C8H9NO5/c1-14-9(8(12)13)5-2-3-6(10)7(11)4-5/h2-4,10-11H,1H3,(H,12,13). The van der Waals surface area contributed by atoms with Crippen LogP contribution in [0.2, 0.25) is 0 Å². The zero-order valence-corrected chi connectivity index (χ0v) is 7.34. The summed E-state index contributed by atoms with van der Waals surface area (Å²) in [5, 5.41) is 27.3. The summed E-state index contributed by atoms with van der Waals surface area (Å²) in [4.78, 5) is 15.1. The van der Waals surface area contributed by atoms with Crippen molar-refractivity contribution in [1.29, 1.82) is 0 Å². The summed E-state index contributed by atoms with van der Waals surface area (Å²) in [6.07, 6.45) is -1.32. The number of phenols is 2. The average molecular weight is 199 g/mol. The molecule has 1 amide bonds. The van der Waals surface area contributed by atoms with Crippen molar-refractivity contribution < 1.29 is 25.0 Å². The van der Waals surface area contributed by atoms with Crippen LogP contribution in [-0.2, 0) is 4.84 Å². The molecule has 0 spiro atoms. The maximum Gasteiger partial charge on any atom is 0.436 e. The van der Waals surface area contributed by atoms with Gasteiger partial charge in [0.25, 0.3) is 0 Å². The first-order valence-corrected chi connectivity index (χ1v) is 3.65. The van der Waals surface area contributed by atoms with Gasteiger partial charge in [-0.25, -0.2) is 4.79 Å². The summed E-state index contributed by atoms with van der Waals surface area (Å²) < 4.78 is 0. The molecule has 0 bridgehead atoms. The Morgan fingerprint density at radius 2 is 2.00 bits per heavy atom. The van der Waals surface area contributed by atoms with Gasteiger partial charge < -0.3 is 15.3 Å². The molecule has 0 saturated carbocycles. The second-order valence-electron chi connectivity index (χ2n) is 2.43. The van der Waals surface area contributed by atoms with E-state index in [0.29, 0.717) is 5.06 Å². The lowest BCUT2D eigenvalue weighted by atomic mass is 10.3. The van der Waals surface area contributed by atoms with Crippen molar-refractivity contribution in [3.8, 4) is 11.5 Å². The minimum atomic E-state index is -1.32. The molecule has 1 aromatic carbocycles. The molecule has 0 aliphatic heterocycles. The minimum absolute atomic E-state index is 0.107. The first-order valence-electron chi connectivity index (χ1n) is 3.65. The Hall–Kier alpha value is -1.95. The average Bonchev–Trinajstić information content (AvgIpc) is 2.11. The third-order valence-corrected chi connectivity index (χ3v) is 1.55. The summed E-state index contributed by atoms with van der Waals surface area (Å²) in [5.74, 6) is -0.735. The molecule has 6 nitrogen and oxygen atoms in total. The fourth-order valence-corrected chi connectivity index (χ4v) is 0.932. The highest BCUT2D eigenvalue weighted by atomic mass is 16.7. The van der Waals surface area contributed by atoms with Crippen LogP contribution >= 0.6 is 0 Å². The Balaban J connectivity index is 3.06. The topological polar surface area (TPSA) is 90.2 Å². The summed E-state index contributed by atoms with van der Waals surface area (Å²) >= 11 is 0. The Morgan fingerprint density at radius 1 is 1.36 bits per heavy atom. The van der Waals surface area contributed by atoms with Crippen LogP contribution < -0.4 is 5.06 Å². The van der Waals surface area contributed by atoms with Gasteiger partial charge >= 0.3 is 6.09 Å². The van der Waals surface area contributed by atoms with E-state index < -0.39 is 11.8 Å². The smallest absolute Gasteiger partial charge is 0.436 e. The molecular weight excluding hydrogens is 190 g/mol. The predicted octanol–water partition coefficient (Wildman–Crippen LogP) is 1.14. The van der Waals surface area contributed by atoms with Crippen molar-refractivity contribution in [2.24, 2.45) is 0 Å². The molecule has 0 unspecified atom stereocenters. The predicted molar refractivity (Wildman–Crippen MR) is 47.3 cm³/mol. The number of nitrogens with zero attached hydrogens (tertiary/aromatic N) is 1. The zero-order chi connectivity index (χ0) is 10.7. The lowest BCUT2D eigenvalue weighted by Crippen LogP contribution is -2.27. The van der Waals surface area contributed by atoms with E-state index in [1.165, 1.54) is 19.2 Å². The SMILES string of the molecule is CON(C(=O)O)c1ccc(O)c(O)c1. The number of carboxylic acid groups (broad SMARTS) is 1. The number of hydrogen-bond acceptors (Lipinski definition) is 4. The summed E-state index contributed by atoms with van der Waals surface area (Å²) in [6.45, 7) is 0. The van der Waals surface area contributed by atoms with Crippen LogP contribution in [0.4, 0.5) is 10.5 Å². The van der Waals surface area contributed by atoms with Gasteiger partial charge in [-0.05, 0) is 12.1 Å². The van der Waals surface area contributed by atoms with E-state index >= 15 is 0 Å². The number of aromatic hydroxyl groups is 2. The van der Waals surface area contributed by atoms with Crippen LogP contribution in [0.25, 0.3) is 0 Å². The van der Waals surface area contributed by atoms with Crippen LogP contribution in [0.3, 0.4) is 0 Å². The molecule has 6 heteroatoms. The maximum absolute atomic E-state index is 10.6. The van der Waals surface area contributed by atoms with E-state index in [9.17, 15) is 4.79 Å². The first kappa shape index (κ1) is 10.1. The Kier molecular flexibility index (Phi) is 2.78. The Labute approximate surface area is 79.5 Å². The molecule has 0 atom stereocenters. The normalized spacial score (nSPS) is 9.79. The van der Waals surface area contributed by atoms with E-state index in [-0.39, 0.29) is 11.4 Å². The number of phenolic OH excluding ortho intramolecular Hbond substituents is 2. The van der Waals surface area contributed by atoms with Gasteiger partial charge in [0.1, 0.15) is 0 Å². The second-order valence-corrected chi connectivity index (χ2v) is 2.43. The molecule has 0 heterocycles. The van der Waals surface area contributed by atoms with Gasteiger partial charge in [0, 0.05) is 6.07 Å². The lowest BCUT2D eigenvalue weighted by molar-refractivity contribution is 0.130. The summed E-state index contributed by atoms with van der Waals surface area (Å²) in [6, 6.07) is 3.54. The zero-order valence-electron chi connectivity index (χ0n) is 7.34. The van der Waals surface area contributed by atoms with Crippen molar-refractivity contribution >= 4 is 11.8 Å². The van der Waals surface area contributed by atoms with Gasteiger partial charge in [-0.1, -0.05) is 0 Å². The van der Waals surface area contributed by atoms with Crippen molar-refractivity contribution in [3.63, 3.8) is 0 Å². The summed E-state index contributed by atoms with van der Waals surface area (Å²) in [5.41, 5.74) is 0.107. The van der Waals surface area contributed by atoms with Gasteiger partial charge in [0.15, 0.2) is 11.5 Å². The third-order valence-electron chi connectivity index (χ3n) is 1.55. The fourth-order valence-electron chi connectivity index (χ4n) is 0.932. The monoisotopic (exact) mass is 199 g/mol. The van der Waals surface area contributed by atoms with E-state index in [2.05, 4.69) is 4.84 Å². The van der Waals surface area contributed by atoms with Gasteiger partial charge in [-0.2, -0.15) is 5.06 Å². The van der Waals surface area contributed by atoms with Crippen molar-refractivity contribution in [2.45, 2.75) is 0 Å². The van der Waals surface area contributed by atoms with Crippen LogP contribution in [0.1, 0.15) is 0 Å². The van der Waals surface area contributed by atoms with Crippen molar-refractivity contribution in [3.05, 3.63) is 18.2 Å². The van der Waals surface area contributed by atoms with Gasteiger partial charge in [0.05, 0.1) is 12.8 Å². The Morgan fingerprint density at radius 3 is 2.43 bits per heavy atom. The van der Waals surface area contributed by atoms with E-state index in [4.69, 9.17) is 15.3 Å². The van der Waals surface area contributed by atoms with E-state index in [0.717, 1.165) is 6.07 Å². The highest BCUT2D eigenvalue weighted by Crippen LogP contribution is 2.29. The van der Waals surface area contributed by atoms with Gasteiger partial charge in [-0.15, -0.1) is 0 Å². The van der Waals surface area contributed by atoms with Crippen LogP contribution in [0.15, 0.2) is 18.2 Å². The van der Waals surface area contributed by atoms with Gasteiger partial charge in [-0.3, -0.25) is 4.84 Å². The largest absolute Gasteiger partial charge is 0.504 e. The minimum Gasteiger partial charge on any atom is -0.504 e. The third kappa shape index (κ3) is 1.86. The van der Waals surface area contributed by atoms with Gasteiger partial charge in [0.2, 0.25) is 0 Å². The highest BCUT2D eigenvalue weighted by Gasteiger charge is 2.15. The molecule has 0 radical (unpaired) electrons. The Bertz CT molecular complexity index is 352. The van der Waals surface area contributed by atoms with Crippen LogP contribution in [0.5, 0.6) is 11.5 Å². The molecule has 0 saturated heterocycles. The second kappa shape index (κ2) is 3.84. The fraction of sp³-hybridized carbons (Fsp3) is 0.125. The molecular formula is C8H9NO5. The number of hydroxylamine groups is 1. The first-order chi connectivity index (χ1) is 6.56. The van der Waals surface area contributed by atoms with Crippen molar-refractivity contribution in [1.82, 2.24) is 0 Å². The number of carbonyl (C=O) groups is 1. The highest BCUT2D eigenvalue weighted by molar-refractivity contribution is 5.84. The number of anilines is 1. The number of amides is 1. The molecule has 0 aromatic heterocycles. The van der Waals surface area contributed by atoms with Crippen molar-refractivity contribution in [2.75, 3.05) is 12.2 Å². The quantitative estimate of drug-likeness (QED) is 0.491. The van der Waals surface area contributed by atoms with Crippen LogP contribution in [-0.4, -0.2) is 28.5 Å². The van der Waals surface area contributed by atoms with Crippen LogP contribution in [0, 0.1) is 0 Å². The van der Waals surface area contributed by atoms with E-state index in [1.54, 1.807) is 0 Å². The number of rotatable bonds is 2. The molecule has 0 aliphatic carbocycles. The molecule has 3 N–H and O–H groups in total. The summed E-state index contributed by atoms with van der Waals surface area (Å²) in [7, 11) is 1.18. The maximum atomic E-state index is 10.6. The van der Waals surface area contributed by atoms with E-state index in [1.807, 2.05) is 0 Å². The molecule has 0 fully saturated rings. The molecule has 76 valence electrons. The number of hydrogen-bond donors (Lipinski definition) is 3. The molecule has 1 aromatic rings. The molecule has 0 aliphatic rings.